The number of fused-ring (bicyclic) bond motifs is 3. The largest absolute Gasteiger partial charge is 0.540 e. The number of hydrogen-bond acceptors (Lipinski definition) is 3. The zero-order chi connectivity index (χ0) is 11.9. The van der Waals surface area contributed by atoms with Crippen LogP contribution in [0, 0.1) is 12.3 Å². The molecule has 2 bridgehead atoms. The van der Waals surface area contributed by atoms with E-state index in [0.29, 0.717) is 0 Å². The molecule has 0 spiro atoms. The third-order valence-corrected chi connectivity index (χ3v) is 4.06. The molecule has 0 aromatic heterocycles. The van der Waals surface area contributed by atoms with Crippen molar-refractivity contribution in [3.05, 3.63) is 29.8 Å². The van der Waals surface area contributed by atoms with E-state index in [4.69, 9.17) is 14.0 Å². The molecule has 3 heterocycles. The SMILES string of the molecule is CCC12CO[B-](c3ccc(C)cc3)(OC1)OC2. The fraction of sp³-hybridized carbons (Fsp3) is 0.538. The molecule has 3 saturated heterocycles. The molecule has 0 atom stereocenters. The van der Waals surface area contributed by atoms with Crippen LogP contribution in [0.4, 0.5) is 0 Å². The Bertz CT molecular complexity index is 391. The van der Waals surface area contributed by atoms with Crippen molar-refractivity contribution in [3.8, 4) is 0 Å². The zero-order valence-electron chi connectivity index (χ0n) is 10.4. The predicted molar refractivity (Wildman–Crippen MR) is 67.1 cm³/mol. The van der Waals surface area contributed by atoms with Crippen LogP contribution in [-0.2, 0) is 14.0 Å². The summed E-state index contributed by atoms with van der Waals surface area (Å²) >= 11 is 0. The summed E-state index contributed by atoms with van der Waals surface area (Å²) in [5.41, 5.74) is 2.32. The summed E-state index contributed by atoms with van der Waals surface area (Å²) in [5.74, 6) is 0. The lowest BCUT2D eigenvalue weighted by Crippen LogP contribution is -2.69. The lowest BCUT2D eigenvalue weighted by atomic mass is 9.63. The average Bonchev–Trinajstić information content (AvgIpc) is 2.41. The van der Waals surface area contributed by atoms with Crippen molar-refractivity contribution < 1.29 is 14.0 Å². The lowest BCUT2D eigenvalue weighted by Gasteiger charge is -2.59. The van der Waals surface area contributed by atoms with Crippen LogP contribution in [0.1, 0.15) is 18.9 Å². The Hall–Kier alpha value is -0.835. The maximum absolute atomic E-state index is 5.90. The normalized spacial score (nSPS) is 36.1. The molecule has 0 amide bonds. The molecule has 92 valence electrons. The van der Waals surface area contributed by atoms with Crippen molar-refractivity contribution in [2.75, 3.05) is 19.8 Å². The van der Waals surface area contributed by atoms with Gasteiger partial charge in [-0.1, -0.05) is 36.8 Å². The second-order valence-corrected chi connectivity index (χ2v) is 5.34. The number of hydrogen-bond donors (Lipinski definition) is 0. The Labute approximate surface area is 102 Å². The molecule has 0 saturated carbocycles. The van der Waals surface area contributed by atoms with Gasteiger partial charge in [-0.25, -0.2) is 0 Å². The fourth-order valence-electron chi connectivity index (χ4n) is 2.53. The van der Waals surface area contributed by atoms with E-state index in [0.717, 1.165) is 31.7 Å². The highest BCUT2D eigenvalue weighted by molar-refractivity contribution is 6.75. The molecule has 1 aromatic rings. The molecular formula is C13H18BO3-. The van der Waals surface area contributed by atoms with Crippen LogP contribution in [0.5, 0.6) is 0 Å². The van der Waals surface area contributed by atoms with Gasteiger partial charge >= 0.3 is 6.75 Å². The highest BCUT2D eigenvalue weighted by Crippen LogP contribution is 2.37. The van der Waals surface area contributed by atoms with Gasteiger partial charge in [0.1, 0.15) is 0 Å². The van der Waals surface area contributed by atoms with Gasteiger partial charge in [0.25, 0.3) is 0 Å². The number of rotatable bonds is 2. The predicted octanol–water partition coefficient (Wildman–Crippen LogP) is 1.61. The Morgan fingerprint density at radius 3 is 2.06 bits per heavy atom. The van der Waals surface area contributed by atoms with Gasteiger partial charge in [0.2, 0.25) is 0 Å². The summed E-state index contributed by atoms with van der Waals surface area (Å²) < 4.78 is 17.7. The standard InChI is InChI=1S/C13H18BO3/c1-3-13-8-15-14(16-9-13,17-10-13)12-6-4-11(2)5-7-12/h4-7H,3,8-10H2,1-2H3/q-1. The van der Waals surface area contributed by atoms with E-state index < -0.39 is 6.75 Å². The molecule has 3 aliphatic heterocycles. The topological polar surface area (TPSA) is 27.7 Å². The fourth-order valence-corrected chi connectivity index (χ4v) is 2.53. The summed E-state index contributed by atoms with van der Waals surface area (Å²) in [4.78, 5) is 0. The number of aryl methyl sites for hydroxylation is 1. The third-order valence-electron chi connectivity index (χ3n) is 4.06. The molecule has 4 heteroatoms. The van der Waals surface area contributed by atoms with Crippen molar-refractivity contribution in [2.45, 2.75) is 20.3 Å². The van der Waals surface area contributed by atoms with Gasteiger partial charge in [0.05, 0.1) is 0 Å². The van der Waals surface area contributed by atoms with Crippen molar-refractivity contribution >= 4 is 12.2 Å². The average molecular weight is 233 g/mol. The highest BCUT2D eigenvalue weighted by Gasteiger charge is 2.48. The molecular weight excluding hydrogens is 215 g/mol. The van der Waals surface area contributed by atoms with Gasteiger partial charge in [-0.2, -0.15) is 0 Å². The van der Waals surface area contributed by atoms with Gasteiger partial charge in [-0.15, -0.1) is 5.46 Å². The smallest absolute Gasteiger partial charge is 0.409 e. The van der Waals surface area contributed by atoms with Crippen molar-refractivity contribution in [1.29, 1.82) is 0 Å². The molecule has 3 nitrogen and oxygen atoms in total. The summed E-state index contributed by atoms with van der Waals surface area (Å²) in [7, 11) is 0. The summed E-state index contributed by atoms with van der Waals surface area (Å²) in [6, 6.07) is 8.22. The van der Waals surface area contributed by atoms with Crippen molar-refractivity contribution in [3.63, 3.8) is 0 Å². The van der Waals surface area contributed by atoms with Gasteiger partial charge < -0.3 is 14.0 Å². The number of benzene rings is 1. The van der Waals surface area contributed by atoms with E-state index in [9.17, 15) is 0 Å². The quantitative estimate of drug-likeness (QED) is 0.726. The minimum absolute atomic E-state index is 0.0776. The van der Waals surface area contributed by atoms with E-state index in [-0.39, 0.29) is 5.41 Å². The monoisotopic (exact) mass is 233 g/mol. The van der Waals surface area contributed by atoms with Crippen molar-refractivity contribution in [1.82, 2.24) is 0 Å². The zero-order valence-corrected chi connectivity index (χ0v) is 10.4. The van der Waals surface area contributed by atoms with Crippen LogP contribution < -0.4 is 5.46 Å². The van der Waals surface area contributed by atoms with Crippen LogP contribution in [0.3, 0.4) is 0 Å². The second kappa shape index (κ2) is 3.84. The van der Waals surface area contributed by atoms with Crippen molar-refractivity contribution in [2.24, 2.45) is 5.41 Å². The van der Waals surface area contributed by atoms with E-state index in [1.165, 1.54) is 5.56 Å². The van der Waals surface area contributed by atoms with Gasteiger partial charge in [0, 0.05) is 25.2 Å². The van der Waals surface area contributed by atoms with Crippen LogP contribution in [0.2, 0.25) is 0 Å². The Morgan fingerprint density at radius 1 is 1.06 bits per heavy atom. The Kier molecular flexibility index (Phi) is 2.54. The minimum atomic E-state index is -1.67. The molecule has 0 aliphatic carbocycles. The van der Waals surface area contributed by atoms with E-state index >= 15 is 0 Å². The molecule has 0 radical (unpaired) electrons. The molecule has 1 aromatic carbocycles. The first-order valence-corrected chi connectivity index (χ1v) is 6.30. The first-order valence-electron chi connectivity index (χ1n) is 6.30. The molecule has 4 rings (SSSR count). The first-order chi connectivity index (χ1) is 8.18. The Morgan fingerprint density at radius 2 is 1.59 bits per heavy atom. The maximum atomic E-state index is 5.90. The third kappa shape index (κ3) is 1.71. The van der Waals surface area contributed by atoms with Gasteiger partial charge in [-0.05, 0) is 13.3 Å². The molecule has 17 heavy (non-hydrogen) atoms. The van der Waals surface area contributed by atoms with Gasteiger partial charge in [-0.3, -0.25) is 0 Å². The van der Waals surface area contributed by atoms with E-state index in [1.807, 2.05) is 12.1 Å². The maximum Gasteiger partial charge on any atom is 0.409 e. The van der Waals surface area contributed by atoms with E-state index in [1.54, 1.807) is 0 Å². The lowest BCUT2D eigenvalue weighted by molar-refractivity contribution is -0.129. The van der Waals surface area contributed by atoms with Crippen LogP contribution in [0.15, 0.2) is 24.3 Å². The molecule has 3 aliphatic rings. The molecule has 0 N–H and O–H groups in total. The minimum Gasteiger partial charge on any atom is -0.540 e. The molecule has 3 fully saturated rings. The van der Waals surface area contributed by atoms with Crippen LogP contribution >= 0.6 is 0 Å². The summed E-state index contributed by atoms with van der Waals surface area (Å²) in [5, 5.41) is 0. The first kappa shape index (κ1) is 11.3. The highest BCUT2D eigenvalue weighted by atomic mass is 16.8. The second-order valence-electron chi connectivity index (χ2n) is 5.34. The Balaban J connectivity index is 1.88. The molecule has 0 unspecified atom stereocenters. The van der Waals surface area contributed by atoms with Gasteiger partial charge in [0.15, 0.2) is 0 Å². The summed E-state index contributed by atoms with van der Waals surface area (Å²) in [6.45, 7) is 4.80. The summed E-state index contributed by atoms with van der Waals surface area (Å²) in [6.07, 6.45) is 1.03. The van der Waals surface area contributed by atoms with E-state index in [2.05, 4.69) is 26.0 Å². The van der Waals surface area contributed by atoms with Crippen LogP contribution in [-0.4, -0.2) is 26.6 Å². The van der Waals surface area contributed by atoms with Crippen LogP contribution in [0.25, 0.3) is 0 Å².